The van der Waals surface area contributed by atoms with Crippen LogP contribution < -0.4 is 10.5 Å². The molecule has 0 saturated carbocycles. The van der Waals surface area contributed by atoms with Gasteiger partial charge in [-0.15, -0.1) is 0 Å². The molecule has 0 heterocycles. The van der Waals surface area contributed by atoms with Crippen LogP contribution in [0.3, 0.4) is 0 Å². The topological polar surface area (TPSA) is 72.2 Å². The number of benzene rings is 2. The summed E-state index contributed by atoms with van der Waals surface area (Å²) in [7, 11) is -3.75. The fraction of sp³-hybridized carbons (Fsp3) is 0. The molecule has 20 heavy (non-hydrogen) atoms. The average molecular weight is 396 g/mol. The molecular formula is C12H9BrCl2N2O2S. The minimum Gasteiger partial charge on any atom is -0.398 e. The molecule has 4 nitrogen and oxygen atoms in total. The molecule has 0 unspecified atom stereocenters. The third-order valence-corrected chi connectivity index (χ3v) is 5.39. The van der Waals surface area contributed by atoms with E-state index in [0.717, 1.165) is 0 Å². The Morgan fingerprint density at radius 3 is 2.35 bits per heavy atom. The Hall–Kier alpha value is -0.950. The third-order valence-electron chi connectivity index (χ3n) is 2.45. The van der Waals surface area contributed by atoms with Crippen LogP contribution in [0.2, 0.25) is 10.0 Å². The fourth-order valence-electron chi connectivity index (χ4n) is 1.45. The molecule has 0 aromatic heterocycles. The van der Waals surface area contributed by atoms with Crippen molar-refractivity contribution in [3.8, 4) is 0 Å². The van der Waals surface area contributed by atoms with E-state index in [1.54, 1.807) is 12.1 Å². The minimum atomic E-state index is -3.75. The lowest BCUT2D eigenvalue weighted by Crippen LogP contribution is -2.13. The van der Waals surface area contributed by atoms with Crippen LogP contribution in [0.15, 0.2) is 45.8 Å². The molecule has 0 aliphatic carbocycles. The van der Waals surface area contributed by atoms with Crippen molar-refractivity contribution in [1.82, 2.24) is 0 Å². The van der Waals surface area contributed by atoms with E-state index in [9.17, 15) is 8.42 Å². The minimum absolute atomic E-state index is 0.0238. The lowest BCUT2D eigenvalue weighted by atomic mass is 10.3. The zero-order chi connectivity index (χ0) is 14.9. The van der Waals surface area contributed by atoms with Crippen LogP contribution in [0.1, 0.15) is 0 Å². The first-order chi connectivity index (χ1) is 9.29. The number of halogens is 3. The highest BCUT2D eigenvalue weighted by molar-refractivity contribution is 9.10. The van der Waals surface area contributed by atoms with Crippen molar-refractivity contribution < 1.29 is 8.42 Å². The summed E-state index contributed by atoms with van der Waals surface area (Å²) < 4.78 is 27.5. The zero-order valence-corrected chi connectivity index (χ0v) is 13.8. The summed E-state index contributed by atoms with van der Waals surface area (Å²) in [5.74, 6) is 0. The molecule has 0 aliphatic heterocycles. The van der Waals surface area contributed by atoms with E-state index in [4.69, 9.17) is 28.9 Å². The molecule has 2 aromatic carbocycles. The van der Waals surface area contributed by atoms with Crippen LogP contribution >= 0.6 is 39.1 Å². The molecular weight excluding hydrogens is 387 g/mol. The molecule has 0 aliphatic rings. The van der Waals surface area contributed by atoms with Crippen molar-refractivity contribution in [2.24, 2.45) is 0 Å². The Morgan fingerprint density at radius 2 is 1.75 bits per heavy atom. The Morgan fingerprint density at radius 1 is 1.05 bits per heavy atom. The third kappa shape index (κ3) is 3.38. The van der Waals surface area contributed by atoms with Gasteiger partial charge in [0.05, 0.1) is 26.3 Å². The van der Waals surface area contributed by atoms with Crippen molar-refractivity contribution in [2.45, 2.75) is 4.90 Å². The number of anilines is 2. The summed E-state index contributed by atoms with van der Waals surface area (Å²) in [4.78, 5) is 0.0238. The van der Waals surface area contributed by atoms with Gasteiger partial charge in [0.25, 0.3) is 10.0 Å². The molecule has 106 valence electrons. The summed E-state index contributed by atoms with van der Waals surface area (Å²) >= 11 is 15.0. The van der Waals surface area contributed by atoms with E-state index in [1.807, 2.05) is 0 Å². The van der Waals surface area contributed by atoms with E-state index < -0.39 is 10.0 Å². The second-order valence-corrected chi connectivity index (χ2v) is 7.27. The van der Waals surface area contributed by atoms with E-state index in [2.05, 4.69) is 20.7 Å². The molecule has 0 spiro atoms. The van der Waals surface area contributed by atoms with Gasteiger partial charge in [0, 0.05) is 4.47 Å². The number of hydrogen-bond donors (Lipinski definition) is 2. The SMILES string of the molecule is Nc1ccc(S(=O)(=O)Nc2ccc(Br)c(Cl)c2)cc1Cl. The summed E-state index contributed by atoms with van der Waals surface area (Å²) in [5, 5.41) is 0.585. The first-order valence-electron chi connectivity index (χ1n) is 5.32. The van der Waals surface area contributed by atoms with Crippen molar-refractivity contribution in [2.75, 3.05) is 10.5 Å². The van der Waals surface area contributed by atoms with Gasteiger partial charge in [-0.1, -0.05) is 23.2 Å². The van der Waals surface area contributed by atoms with Crippen LogP contribution in [-0.4, -0.2) is 8.42 Å². The van der Waals surface area contributed by atoms with Crippen LogP contribution in [0.25, 0.3) is 0 Å². The van der Waals surface area contributed by atoms with Gasteiger partial charge in [0.1, 0.15) is 0 Å². The summed E-state index contributed by atoms with van der Waals surface area (Å²) in [6.45, 7) is 0. The second-order valence-electron chi connectivity index (χ2n) is 3.92. The van der Waals surface area contributed by atoms with Gasteiger partial charge in [-0.3, -0.25) is 4.72 Å². The Kier molecular flexibility index (Phi) is 4.49. The van der Waals surface area contributed by atoms with Gasteiger partial charge >= 0.3 is 0 Å². The van der Waals surface area contributed by atoms with Gasteiger partial charge in [0.2, 0.25) is 0 Å². The summed E-state index contributed by atoms with van der Waals surface area (Å²) in [6.07, 6.45) is 0. The fourth-order valence-corrected chi connectivity index (χ4v) is 3.20. The maximum atomic E-state index is 12.2. The van der Waals surface area contributed by atoms with Gasteiger partial charge in [-0.2, -0.15) is 0 Å². The second kappa shape index (κ2) is 5.81. The van der Waals surface area contributed by atoms with Crippen LogP contribution in [0.4, 0.5) is 11.4 Å². The molecule has 0 radical (unpaired) electrons. The molecule has 0 bridgehead atoms. The van der Waals surface area contributed by atoms with Gasteiger partial charge in [-0.25, -0.2) is 8.42 Å². The van der Waals surface area contributed by atoms with Crippen LogP contribution in [-0.2, 0) is 10.0 Å². The zero-order valence-electron chi connectivity index (χ0n) is 9.90. The highest BCUT2D eigenvalue weighted by Gasteiger charge is 2.16. The highest BCUT2D eigenvalue weighted by atomic mass is 79.9. The molecule has 0 saturated heterocycles. The lowest BCUT2D eigenvalue weighted by Gasteiger charge is -2.09. The van der Waals surface area contributed by atoms with Crippen molar-refractivity contribution in [3.63, 3.8) is 0 Å². The number of rotatable bonds is 3. The number of nitrogens with two attached hydrogens (primary N) is 1. The number of nitrogen functional groups attached to an aromatic ring is 1. The highest BCUT2D eigenvalue weighted by Crippen LogP contribution is 2.28. The molecule has 0 atom stereocenters. The van der Waals surface area contributed by atoms with E-state index in [1.165, 1.54) is 24.3 Å². The predicted octanol–water partition coefficient (Wildman–Crippen LogP) is 4.14. The molecule has 3 N–H and O–H groups in total. The van der Waals surface area contributed by atoms with E-state index in [-0.39, 0.29) is 9.92 Å². The summed E-state index contributed by atoms with van der Waals surface area (Å²) in [6, 6.07) is 8.85. The van der Waals surface area contributed by atoms with Crippen LogP contribution in [0, 0.1) is 0 Å². The van der Waals surface area contributed by atoms with Gasteiger partial charge in [0.15, 0.2) is 0 Å². The first kappa shape index (κ1) is 15.4. The van der Waals surface area contributed by atoms with Crippen molar-refractivity contribution in [3.05, 3.63) is 50.9 Å². The van der Waals surface area contributed by atoms with Gasteiger partial charge < -0.3 is 5.73 Å². The smallest absolute Gasteiger partial charge is 0.261 e. The van der Waals surface area contributed by atoms with Crippen molar-refractivity contribution in [1.29, 1.82) is 0 Å². The Bertz CT molecular complexity index is 766. The average Bonchev–Trinajstić information content (AvgIpc) is 2.37. The first-order valence-corrected chi connectivity index (χ1v) is 8.36. The quantitative estimate of drug-likeness (QED) is 0.767. The molecule has 2 aromatic rings. The molecule has 0 amide bonds. The number of hydrogen-bond acceptors (Lipinski definition) is 3. The van der Waals surface area contributed by atoms with Gasteiger partial charge in [-0.05, 0) is 52.3 Å². The number of sulfonamides is 1. The summed E-state index contributed by atoms with van der Waals surface area (Å²) in [5.41, 5.74) is 6.22. The molecule has 8 heteroatoms. The molecule has 2 rings (SSSR count). The number of nitrogens with one attached hydrogen (secondary N) is 1. The lowest BCUT2D eigenvalue weighted by molar-refractivity contribution is 0.601. The monoisotopic (exact) mass is 394 g/mol. The maximum Gasteiger partial charge on any atom is 0.261 e. The molecule has 0 fully saturated rings. The standard InChI is InChI=1S/C12H9BrCl2N2O2S/c13-9-3-1-7(5-10(9)14)17-20(18,19)8-2-4-12(16)11(15)6-8/h1-6,17H,16H2. The Labute approximate surface area is 135 Å². The van der Waals surface area contributed by atoms with Crippen LogP contribution in [0.5, 0.6) is 0 Å². The Balaban J connectivity index is 2.35. The predicted molar refractivity (Wildman–Crippen MR) is 85.8 cm³/mol. The van der Waals surface area contributed by atoms with E-state index in [0.29, 0.717) is 20.9 Å². The van der Waals surface area contributed by atoms with Crippen molar-refractivity contribution >= 4 is 60.5 Å². The largest absolute Gasteiger partial charge is 0.398 e. The van der Waals surface area contributed by atoms with E-state index >= 15 is 0 Å². The normalized spacial score (nSPS) is 11.3. The maximum absolute atomic E-state index is 12.2.